The number of amides is 4. The van der Waals surface area contributed by atoms with Gasteiger partial charge in [0.15, 0.2) is 0 Å². The second kappa shape index (κ2) is 13.5. The van der Waals surface area contributed by atoms with Gasteiger partial charge in [0.2, 0.25) is 23.6 Å². The molecule has 4 atom stereocenters. The Kier molecular flexibility index (Phi) is 11.5. The molecule has 1 saturated heterocycles. The molecule has 1 rings (SSSR count). The van der Waals surface area contributed by atoms with E-state index in [0.29, 0.717) is 0 Å². The van der Waals surface area contributed by atoms with Gasteiger partial charge in [0.05, 0.1) is 0 Å². The van der Waals surface area contributed by atoms with Crippen molar-refractivity contribution in [1.29, 1.82) is 0 Å². The number of carbonyl (C=O) groups excluding carboxylic acids is 4. The average Bonchev–Trinajstić information content (AvgIpc) is 2.70. The minimum Gasteiger partial charge on any atom is -0.481 e. The SMILES string of the molecule is CC(C)CC1NC(=O)C(CCC(=O)O)NC(=O)C(CC(C)C)NC(=O)C(CCC(=O)O)NC1=O. The number of carbonyl (C=O) groups is 6. The van der Waals surface area contributed by atoms with Crippen molar-refractivity contribution in [2.24, 2.45) is 11.8 Å². The molecule has 34 heavy (non-hydrogen) atoms. The molecule has 1 heterocycles. The van der Waals surface area contributed by atoms with Gasteiger partial charge in [-0.1, -0.05) is 27.7 Å². The summed E-state index contributed by atoms with van der Waals surface area (Å²) in [6.07, 6.45) is -0.768. The monoisotopic (exact) mass is 484 g/mol. The van der Waals surface area contributed by atoms with Crippen LogP contribution in [0.5, 0.6) is 0 Å². The van der Waals surface area contributed by atoms with Gasteiger partial charge in [-0.15, -0.1) is 0 Å². The standard InChI is InChI=1S/C22H36N4O8/c1-11(2)9-15-21(33)23-14(6-8-18(29)30)20(32)26-16(10-12(3)4)22(34)24-13(19(31)25-15)5-7-17(27)28/h11-16H,5-10H2,1-4H3,(H,23,33)(H,24,34)(H,25,31)(H,26,32)(H,27,28)(H,29,30). The molecule has 4 amide bonds. The lowest BCUT2D eigenvalue weighted by molar-refractivity contribution is -0.139. The summed E-state index contributed by atoms with van der Waals surface area (Å²) in [5.74, 6) is -5.14. The average molecular weight is 485 g/mol. The number of aliphatic carboxylic acids is 2. The lowest BCUT2D eigenvalue weighted by atomic mass is 9.99. The van der Waals surface area contributed by atoms with Crippen LogP contribution in [0.4, 0.5) is 0 Å². The lowest BCUT2D eigenvalue weighted by Crippen LogP contribution is -2.61. The molecule has 6 N–H and O–H groups in total. The first-order valence-corrected chi connectivity index (χ1v) is 11.4. The highest BCUT2D eigenvalue weighted by Crippen LogP contribution is 2.12. The molecular weight excluding hydrogens is 448 g/mol. The molecule has 192 valence electrons. The molecule has 4 unspecified atom stereocenters. The Bertz CT molecular complexity index is 719. The van der Waals surface area contributed by atoms with Crippen LogP contribution in [-0.4, -0.2) is 69.9 Å². The number of hydrogen-bond donors (Lipinski definition) is 6. The van der Waals surface area contributed by atoms with E-state index in [0.717, 1.165) is 0 Å². The zero-order valence-corrected chi connectivity index (χ0v) is 20.1. The molecular formula is C22H36N4O8. The van der Waals surface area contributed by atoms with E-state index < -0.39 is 72.6 Å². The Morgan fingerprint density at radius 1 is 0.618 bits per heavy atom. The van der Waals surface area contributed by atoms with Crippen LogP contribution in [0, 0.1) is 11.8 Å². The number of carboxylic acids is 2. The quantitative estimate of drug-likeness (QED) is 0.245. The van der Waals surface area contributed by atoms with Crippen LogP contribution >= 0.6 is 0 Å². The van der Waals surface area contributed by atoms with Crippen molar-refractivity contribution in [2.75, 3.05) is 0 Å². The second-order valence-corrected chi connectivity index (χ2v) is 9.37. The summed E-state index contributed by atoms with van der Waals surface area (Å²) in [6.45, 7) is 7.30. The van der Waals surface area contributed by atoms with Crippen LogP contribution in [0.3, 0.4) is 0 Å². The Morgan fingerprint density at radius 3 is 1.15 bits per heavy atom. The van der Waals surface area contributed by atoms with Gasteiger partial charge in [-0.2, -0.15) is 0 Å². The molecule has 12 heteroatoms. The van der Waals surface area contributed by atoms with E-state index in [4.69, 9.17) is 10.2 Å². The summed E-state index contributed by atoms with van der Waals surface area (Å²) in [5, 5.41) is 28.2. The van der Waals surface area contributed by atoms with E-state index in [1.807, 2.05) is 27.7 Å². The molecule has 0 aromatic heterocycles. The normalized spacial score (nSPS) is 24.4. The molecule has 12 nitrogen and oxygen atoms in total. The van der Waals surface area contributed by atoms with Crippen molar-refractivity contribution in [3.8, 4) is 0 Å². The summed E-state index contributed by atoms with van der Waals surface area (Å²) < 4.78 is 0. The predicted molar refractivity (Wildman–Crippen MR) is 120 cm³/mol. The summed E-state index contributed by atoms with van der Waals surface area (Å²) in [7, 11) is 0. The molecule has 0 aromatic carbocycles. The van der Waals surface area contributed by atoms with E-state index in [-0.39, 0.29) is 37.5 Å². The van der Waals surface area contributed by atoms with E-state index in [1.165, 1.54) is 0 Å². The topological polar surface area (TPSA) is 191 Å². The maximum absolute atomic E-state index is 13.0. The van der Waals surface area contributed by atoms with Crippen LogP contribution in [0.25, 0.3) is 0 Å². The minimum absolute atomic E-state index is 0.0299. The Morgan fingerprint density at radius 2 is 0.882 bits per heavy atom. The second-order valence-electron chi connectivity index (χ2n) is 9.37. The Balaban J connectivity index is 3.35. The minimum atomic E-state index is -1.22. The molecule has 1 aliphatic heterocycles. The zero-order valence-electron chi connectivity index (χ0n) is 20.1. The van der Waals surface area contributed by atoms with Crippen molar-refractivity contribution in [3.63, 3.8) is 0 Å². The Hall–Kier alpha value is -3.18. The predicted octanol–water partition coefficient (Wildman–Crippen LogP) is -0.239. The van der Waals surface area contributed by atoms with Gasteiger partial charge in [-0.3, -0.25) is 28.8 Å². The smallest absolute Gasteiger partial charge is 0.303 e. The largest absolute Gasteiger partial charge is 0.481 e. The third-order valence-electron chi connectivity index (χ3n) is 5.24. The first-order valence-electron chi connectivity index (χ1n) is 11.4. The number of hydrogen-bond acceptors (Lipinski definition) is 6. The van der Waals surface area contributed by atoms with Crippen molar-refractivity contribution < 1.29 is 39.0 Å². The van der Waals surface area contributed by atoms with E-state index in [2.05, 4.69) is 21.3 Å². The maximum atomic E-state index is 13.0. The molecule has 0 saturated carbocycles. The van der Waals surface area contributed by atoms with Crippen molar-refractivity contribution in [3.05, 3.63) is 0 Å². The fraction of sp³-hybridized carbons (Fsp3) is 0.727. The van der Waals surface area contributed by atoms with Crippen LogP contribution in [0.1, 0.15) is 66.2 Å². The summed E-state index contributed by atoms with van der Waals surface area (Å²) in [6, 6.07) is -4.58. The first kappa shape index (κ1) is 28.9. The lowest BCUT2D eigenvalue weighted by Gasteiger charge is -2.30. The summed E-state index contributed by atoms with van der Waals surface area (Å²) in [5.41, 5.74) is 0. The highest BCUT2D eigenvalue weighted by atomic mass is 16.4. The molecule has 0 aromatic rings. The van der Waals surface area contributed by atoms with Crippen LogP contribution in [-0.2, 0) is 28.8 Å². The summed E-state index contributed by atoms with van der Waals surface area (Å²) in [4.78, 5) is 74.0. The molecule has 1 aliphatic rings. The fourth-order valence-electron chi connectivity index (χ4n) is 3.57. The van der Waals surface area contributed by atoms with Crippen molar-refractivity contribution >= 4 is 35.6 Å². The fourth-order valence-corrected chi connectivity index (χ4v) is 3.57. The highest BCUT2D eigenvalue weighted by molar-refractivity contribution is 5.97. The molecule has 0 radical (unpaired) electrons. The van der Waals surface area contributed by atoms with Crippen molar-refractivity contribution in [2.45, 2.75) is 90.4 Å². The number of rotatable bonds is 10. The molecule has 0 bridgehead atoms. The molecule has 1 fully saturated rings. The third-order valence-corrected chi connectivity index (χ3v) is 5.24. The van der Waals surface area contributed by atoms with E-state index in [1.54, 1.807) is 0 Å². The van der Waals surface area contributed by atoms with Crippen LogP contribution in [0.15, 0.2) is 0 Å². The van der Waals surface area contributed by atoms with E-state index in [9.17, 15) is 28.8 Å². The third kappa shape index (κ3) is 10.2. The van der Waals surface area contributed by atoms with Crippen LogP contribution in [0.2, 0.25) is 0 Å². The highest BCUT2D eigenvalue weighted by Gasteiger charge is 2.34. The Labute approximate surface area is 198 Å². The van der Waals surface area contributed by atoms with Gasteiger partial charge in [0.25, 0.3) is 0 Å². The maximum Gasteiger partial charge on any atom is 0.303 e. The van der Waals surface area contributed by atoms with Crippen LogP contribution < -0.4 is 21.3 Å². The molecule has 0 spiro atoms. The van der Waals surface area contributed by atoms with Crippen molar-refractivity contribution in [1.82, 2.24) is 21.3 Å². The summed E-state index contributed by atoms with van der Waals surface area (Å²) >= 11 is 0. The number of nitrogens with one attached hydrogen (secondary N) is 4. The van der Waals surface area contributed by atoms with Gasteiger partial charge >= 0.3 is 11.9 Å². The van der Waals surface area contributed by atoms with Gasteiger partial charge in [0, 0.05) is 12.8 Å². The van der Waals surface area contributed by atoms with Gasteiger partial charge in [-0.05, 0) is 37.5 Å². The van der Waals surface area contributed by atoms with Gasteiger partial charge in [-0.25, -0.2) is 0 Å². The van der Waals surface area contributed by atoms with Gasteiger partial charge in [0.1, 0.15) is 24.2 Å². The first-order chi connectivity index (χ1) is 15.8. The zero-order chi connectivity index (χ0) is 26.0. The molecule has 0 aliphatic carbocycles. The van der Waals surface area contributed by atoms with Gasteiger partial charge < -0.3 is 31.5 Å². The van der Waals surface area contributed by atoms with E-state index >= 15 is 0 Å². The number of carboxylic acid groups (broad SMARTS) is 2.